The molecule has 0 aromatic heterocycles. The van der Waals surface area contributed by atoms with Crippen molar-refractivity contribution in [3.05, 3.63) is 64.1 Å². The van der Waals surface area contributed by atoms with Crippen molar-refractivity contribution in [3.8, 4) is 5.75 Å². The zero-order chi connectivity index (χ0) is 22.3. The van der Waals surface area contributed by atoms with Crippen LogP contribution in [-0.4, -0.2) is 42.3 Å². The molecule has 0 saturated carbocycles. The van der Waals surface area contributed by atoms with Gasteiger partial charge in [-0.3, -0.25) is 0 Å². The molecule has 1 heterocycles. The quantitative estimate of drug-likeness (QED) is 0.554. The van der Waals surface area contributed by atoms with Crippen LogP contribution in [0.15, 0.2) is 53.0 Å². The molecule has 6 heteroatoms. The van der Waals surface area contributed by atoms with Crippen LogP contribution in [0.25, 0.3) is 0 Å². The average Bonchev–Trinajstić information content (AvgIpc) is 2.71. The van der Waals surface area contributed by atoms with E-state index in [0.29, 0.717) is 6.61 Å². The van der Waals surface area contributed by atoms with Crippen molar-refractivity contribution in [1.29, 1.82) is 0 Å². The highest BCUT2D eigenvalue weighted by Crippen LogP contribution is 2.27. The number of amides is 1. The monoisotopic (exact) mass is 488 g/mol. The SMILES string of the molecule is CC(C)(C)OC(=O)NC1CCCN(CCc2ccc(OCc3ccccc3)c(Br)c2)C1. The Labute approximate surface area is 194 Å². The first-order valence-corrected chi connectivity index (χ1v) is 11.7. The summed E-state index contributed by atoms with van der Waals surface area (Å²) in [4.78, 5) is 14.5. The van der Waals surface area contributed by atoms with E-state index in [4.69, 9.17) is 9.47 Å². The molecule has 1 aliphatic rings. The van der Waals surface area contributed by atoms with Crippen LogP contribution in [0.1, 0.15) is 44.7 Å². The van der Waals surface area contributed by atoms with Gasteiger partial charge < -0.3 is 19.7 Å². The summed E-state index contributed by atoms with van der Waals surface area (Å²) in [5, 5.41) is 3.02. The second-order valence-electron chi connectivity index (χ2n) is 9.08. The van der Waals surface area contributed by atoms with Crippen LogP contribution in [-0.2, 0) is 17.8 Å². The van der Waals surface area contributed by atoms with Crippen LogP contribution in [0.5, 0.6) is 5.75 Å². The minimum atomic E-state index is -0.469. The van der Waals surface area contributed by atoms with E-state index in [2.05, 4.69) is 50.4 Å². The number of carbonyl (C=O) groups is 1. The number of nitrogens with one attached hydrogen (secondary N) is 1. The Kier molecular flexibility index (Phi) is 8.38. The summed E-state index contributed by atoms with van der Waals surface area (Å²) in [5.74, 6) is 0.854. The number of carbonyl (C=O) groups excluding carboxylic acids is 1. The minimum absolute atomic E-state index is 0.143. The predicted octanol–water partition coefficient (Wildman–Crippen LogP) is 5.56. The van der Waals surface area contributed by atoms with Gasteiger partial charge in [-0.15, -0.1) is 0 Å². The van der Waals surface area contributed by atoms with Crippen LogP contribution < -0.4 is 10.1 Å². The average molecular weight is 489 g/mol. The molecule has 0 aliphatic carbocycles. The van der Waals surface area contributed by atoms with Gasteiger partial charge in [0.1, 0.15) is 18.0 Å². The second-order valence-corrected chi connectivity index (χ2v) is 9.93. The van der Waals surface area contributed by atoms with Gasteiger partial charge in [-0.25, -0.2) is 4.79 Å². The number of halogens is 1. The third-order valence-corrected chi connectivity index (χ3v) is 5.80. The Hall–Kier alpha value is -2.05. The fourth-order valence-electron chi connectivity index (χ4n) is 3.69. The summed E-state index contributed by atoms with van der Waals surface area (Å²) in [6.45, 7) is 9.09. The van der Waals surface area contributed by atoms with Crippen molar-refractivity contribution in [2.24, 2.45) is 0 Å². The first-order chi connectivity index (χ1) is 14.8. The van der Waals surface area contributed by atoms with Gasteiger partial charge in [0.25, 0.3) is 0 Å². The molecule has 1 aliphatic heterocycles. The van der Waals surface area contributed by atoms with Gasteiger partial charge in [0.15, 0.2) is 0 Å². The standard InChI is InChI=1S/C25H33BrN2O3/c1-25(2,3)31-24(29)27-21-10-7-14-28(17-21)15-13-19-11-12-23(22(26)16-19)30-18-20-8-5-4-6-9-20/h4-6,8-9,11-12,16,21H,7,10,13-15,17-18H2,1-3H3,(H,27,29). The van der Waals surface area contributed by atoms with Gasteiger partial charge in [0.2, 0.25) is 0 Å². The highest BCUT2D eigenvalue weighted by Gasteiger charge is 2.24. The number of ether oxygens (including phenoxy) is 2. The van der Waals surface area contributed by atoms with Crippen LogP contribution >= 0.6 is 15.9 Å². The maximum absolute atomic E-state index is 12.1. The van der Waals surface area contributed by atoms with Crippen molar-refractivity contribution in [3.63, 3.8) is 0 Å². The molecule has 0 radical (unpaired) electrons. The van der Waals surface area contributed by atoms with E-state index in [0.717, 1.165) is 54.7 Å². The van der Waals surface area contributed by atoms with E-state index in [1.165, 1.54) is 5.56 Å². The molecule has 0 spiro atoms. The lowest BCUT2D eigenvalue weighted by Gasteiger charge is -2.33. The van der Waals surface area contributed by atoms with Gasteiger partial charge in [0.05, 0.1) is 4.47 Å². The van der Waals surface area contributed by atoms with Gasteiger partial charge in [-0.05, 0) is 85.8 Å². The number of benzene rings is 2. The normalized spacial score (nSPS) is 17.2. The van der Waals surface area contributed by atoms with Gasteiger partial charge in [-0.2, -0.15) is 0 Å². The largest absolute Gasteiger partial charge is 0.488 e. The molecule has 1 saturated heterocycles. The Morgan fingerprint density at radius 2 is 1.94 bits per heavy atom. The molecular weight excluding hydrogens is 456 g/mol. The Morgan fingerprint density at radius 3 is 2.65 bits per heavy atom. The Morgan fingerprint density at radius 1 is 1.16 bits per heavy atom. The number of hydrogen-bond donors (Lipinski definition) is 1. The molecule has 168 valence electrons. The van der Waals surface area contributed by atoms with Crippen molar-refractivity contribution in [2.45, 2.75) is 58.3 Å². The second kappa shape index (κ2) is 11.0. The van der Waals surface area contributed by atoms with E-state index in [1.807, 2.05) is 45.0 Å². The number of nitrogens with zero attached hydrogens (tertiary/aromatic N) is 1. The Balaban J connectivity index is 1.46. The lowest BCUT2D eigenvalue weighted by Crippen LogP contribution is -2.49. The molecule has 31 heavy (non-hydrogen) atoms. The van der Waals surface area contributed by atoms with Crippen LogP contribution in [0.4, 0.5) is 4.79 Å². The smallest absolute Gasteiger partial charge is 0.407 e. The van der Waals surface area contributed by atoms with Crippen LogP contribution in [0.3, 0.4) is 0 Å². The lowest BCUT2D eigenvalue weighted by atomic mass is 10.0. The topological polar surface area (TPSA) is 50.8 Å². The first-order valence-electron chi connectivity index (χ1n) is 11.0. The first kappa shape index (κ1) is 23.6. The summed E-state index contributed by atoms with van der Waals surface area (Å²) in [5.41, 5.74) is 1.95. The highest BCUT2D eigenvalue weighted by atomic mass is 79.9. The van der Waals surface area contributed by atoms with Gasteiger partial charge in [-0.1, -0.05) is 36.4 Å². The van der Waals surface area contributed by atoms with E-state index in [-0.39, 0.29) is 12.1 Å². The third kappa shape index (κ3) is 8.19. The molecule has 1 atom stereocenters. The summed E-state index contributed by atoms with van der Waals surface area (Å²) in [7, 11) is 0. The van der Waals surface area contributed by atoms with Gasteiger partial charge in [0, 0.05) is 19.1 Å². The van der Waals surface area contributed by atoms with Crippen LogP contribution in [0, 0.1) is 0 Å². The predicted molar refractivity (Wildman–Crippen MR) is 127 cm³/mol. The minimum Gasteiger partial charge on any atom is -0.488 e. The molecule has 1 amide bonds. The third-order valence-electron chi connectivity index (χ3n) is 5.18. The maximum atomic E-state index is 12.1. The zero-order valence-electron chi connectivity index (χ0n) is 18.7. The van der Waals surface area contributed by atoms with E-state index in [1.54, 1.807) is 0 Å². The van der Waals surface area contributed by atoms with Crippen molar-refractivity contribution in [1.82, 2.24) is 10.2 Å². The van der Waals surface area contributed by atoms with Crippen molar-refractivity contribution in [2.75, 3.05) is 19.6 Å². The van der Waals surface area contributed by atoms with Crippen LogP contribution in [0.2, 0.25) is 0 Å². The fraction of sp³-hybridized carbons (Fsp3) is 0.480. The maximum Gasteiger partial charge on any atom is 0.407 e. The summed E-state index contributed by atoms with van der Waals surface area (Å²) >= 11 is 3.65. The Bertz CT molecular complexity index is 852. The summed E-state index contributed by atoms with van der Waals surface area (Å²) in [6.07, 6.45) is 2.70. The fourth-order valence-corrected chi connectivity index (χ4v) is 4.23. The molecule has 1 fully saturated rings. The summed E-state index contributed by atoms with van der Waals surface area (Å²) in [6, 6.07) is 16.6. The lowest BCUT2D eigenvalue weighted by molar-refractivity contribution is 0.0472. The van der Waals surface area contributed by atoms with Gasteiger partial charge >= 0.3 is 6.09 Å². The number of hydrogen-bond acceptors (Lipinski definition) is 4. The molecule has 3 rings (SSSR count). The molecule has 1 N–H and O–H groups in total. The molecule has 2 aromatic rings. The number of alkyl carbamates (subject to hydrolysis) is 1. The molecule has 0 bridgehead atoms. The van der Waals surface area contributed by atoms with E-state index < -0.39 is 5.60 Å². The molecule has 5 nitrogen and oxygen atoms in total. The van der Waals surface area contributed by atoms with E-state index in [9.17, 15) is 4.79 Å². The number of piperidine rings is 1. The number of rotatable bonds is 7. The summed E-state index contributed by atoms with van der Waals surface area (Å²) < 4.78 is 12.3. The van der Waals surface area contributed by atoms with E-state index >= 15 is 0 Å². The zero-order valence-corrected chi connectivity index (χ0v) is 20.3. The molecule has 2 aromatic carbocycles. The van der Waals surface area contributed by atoms with Crippen molar-refractivity contribution < 1.29 is 14.3 Å². The highest BCUT2D eigenvalue weighted by molar-refractivity contribution is 9.10. The molecule has 1 unspecified atom stereocenters. The number of likely N-dealkylation sites (tertiary alicyclic amines) is 1. The van der Waals surface area contributed by atoms with Crippen molar-refractivity contribution >= 4 is 22.0 Å². The molecular formula is C25H33BrN2O3.